The van der Waals surface area contributed by atoms with Crippen LogP contribution in [0.25, 0.3) is 10.9 Å². The second-order valence-corrected chi connectivity index (χ2v) is 8.84. The van der Waals surface area contributed by atoms with E-state index >= 15 is 0 Å². The number of hydrogen-bond donors (Lipinski definition) is 1. The molecule has 1 aromatic heterocycles. The maximum atomic E-state index is 12.0. The van der Waals surface area contributed by atoms with Crippen molar-refractivity contribution in [2.75, 3.05) is 43.7 Å². The summed E-state index contributed by atoms with van der Waals surface area (Å²) >= 11 is 0. The van der Waals surface area contributed by atoms with Gasteiger partial charge in [-0.3, -0.25) is 9.62 Å². The maximum absolute atomic E-state index is 12.0. The molecular formula is C18H28N4O2S. The first-order valence-corrected chi connectivity index (χ1v) is 10.5. The van der Waals surface area contributed by atoms with E-state index in [4.69, 9.17) is 0 Å². The van der Waals surface area contributed by atoms with Crippen LogP contribution in [0.2, 0.25) is 0 Å². The Labute approximate surface area is 150 Å². The van der Waals surface area contributed by atoms with Crippen LogP contribution in [0, 0.1) is 0 Å². The molecule has 1 saturated heterocycles. The fraction of sp³-hybridized carbons (Fsp3) is 0.556. The number of rotatable bonds is 6. The molecule has 0 amide bonds. The molecule has 6 nitrogen and oxygen atoms in total. The highest BCUT2D eigenvalue weighted by molar-refractivity contribution is 7.92. The van der Waals surface area contributed by atoms with E-state index in [9.17, 15) is 8.42 Å². The van der Waals surface area contributed by atoms with Gasteiger partial charge in [0.25, 0.3) is 0 Å². The number of nitrogens with one attached hydrogen (secondary N) is 1. The van der Waals surface area contributed by atoms with Gasteiger partial charge in [-0.15, -0.1) is 0 Å². The molecular weight excluding hydrogens is 336 g/mol. The fourth-order valence-corrected chi connectivity index (χ4v) is 4.53. The summed E-state index contributed by atoms with van der Waals surface area (Å²) in [6.07, 6.45) is 2.77. The van der Waals surface area contributed by atoms with Crippen molar-refractivity contribution in [3.63, 3.8) is 0 Å². The van der Waals surface area contributed by atoms with Crippen molar-refractivity contribution >= 4 is 26.6 Å². The Morgan fingerprint density at radius 1 is 1.12 bits per heavy atom. The van der Waals surface area contributed by atoms with Crippen LogP contribution in [-0.4, -0.2) is 61.8 Å². The quantitative estimate of drug-likeness (QED) is 0.853. The van der Waals surface area contributed by atoms with Crippen molar-refractivity contribution < 1.29 is 8.42 Å². The van der Waals surface area contributed by atoms with Gasteiger partial charge in [-0.1, -0.05) is 6.92 Å². The van der Waals surface area contributed by atoms with Crippen LogP contribution in [0.15, 0.2) is 24.4 Å². The van der Waals surface area contributed by atoms with Gasteiger partial charge in [-0.05, 0) is 37.2 Å². The normalized spacial score (nSPS) is 17.2. The van der Waals surface area contributed by atoms with Gasteiger partial charge < -0.3 is 9.47 Å². The smallest absolute Gasteiger partial charge is 0.232 e. The van der Waals surface area contributed by atoms with Crippen LogP contribution in [0.5, 0.6) is 0 Å². The summed E-state index contributed by atoms with van der Waals surface area (Å²) in [5.41, 5.74) is 3.02. The molecule has 1 aromatic carbocycles. The molecule has 1 aliphatic rings. The number of aryl methyl sites for hydroxylation is 1. The van der Waals surface area contributed by atoms with E-state index in [0.29, 0.717) is 12.1 Å². The molecule has 138 valence electrons. The maximum Gasteiger partial charge on any atom is 0.232 e. The predicted molar refractivity (Wildman–Crippen MR) is 103 cm³/mol. The summed E-state index contributed by atoms with van der Waals surface area (Å²) in [4.78, 5) is 4.81. The SMILES string of the molecule is CCCS(=O)(=O)Nc1ccc2c(c1)c(CN1CCN(C)CC1)cn2C. The summed E-state index contributed by atoms with van der Waals surface area (Å²) in [5, 5.41) is 1.12. The Bertz CT molecular complexity index is 836. The van der Waals surface area contributed by atoms with E-state index < -0.39 is 10.0 Å². The molecule has 1 N–H and O–H groups in total. The lowest BCUT2D eigenvalue weighted by atomic mass is 10.1. The summed E-state index contributed by atoms with van der Waals surface area (Å²) in [6, 6.07) is 5.80. The number of piperazine rings is 1. The van der Waals surface area contributed by atoms with Crippen LogP contribution in [0.3, 0.4) is 0 Å². The highest BCUT2D eigenvalue weighted by atomic mass is 32.2. The average molecular weight is 365 g/mol. The Balaban J connectivity index is 1.85. The van der Waals surface area contributed by atoms with Gasteiger partial charge in [0.2, 0.25) is 10.0 Å². The average Bonchev–Trinajstić information content (AvgIpc) is 2.85. The van der Waals surface area contributed by atoms with E-state index in [0.717, 1.165) is 43.6 Å². The first kappa shape index (κ1) is 18.2. The van der Waals surface area contributed by atoms with Crippen LogP contribution in [0.4, 0.5) is 5.69 Å². The van der Waals surface area contributed by atoms with Crippen LogP contribution < -0.4 is 4.72 Å². The molecule has 0 aliphatic carbocycles. The van der Waals surface area contributed by atoms with Crippen molar-refractivity contribution in [3.05, 3.63) is 30.0 Å². The minimum Gasteiger partial charge on any atom is -0.350 e. The largest absolute Gasteiger partial charge is 0.350 e. The Kier molecular flexibility index (Phi) is 5.36. The third-order valence-electron chi connectivity index (χ3n) is 4.81. The molecule has 0 saturated carbocycles. The lowest BCUT2D eigenvalue weighted by Gasteiger charge is -2.32. The topological polar surface area (TPSA) is 57.6 Å². The third kappa shape index (κ3) is 4.34. The molecule has 1 aliphatic heterocycles. The second-order valence-electron chi connectivity index (χ2n) is 7.00. The second kappa shape index (κ2) is 7.35. The van der Waals surface area contributed by atoms with Gasteiger partial charge in [-0.2, -0.15) is 0 Å². The number of likely N-dealkylation sites (N-methyl/N-ethyl adjacent to an activating group) is 1. The predicted octanol–water partition coefficient (Wildman–Crippen LogP) is 2.08. The summed E-state index contributed by atoms with van der Waals surface area (Å²) < 4.78 is 28.9. The molecule has 3 rings (SSSR count). The minimum atomic E-state index is -3.27. The van der Waals surface area contributed by atoms with Gasteiger partial charge in [-0.25, -0.2) is 8.42 Å². The number of hydrogen-bond acceptors (Lipinski definition) is 4. The van der Waals surface area contributed by atoms with Crippen molar-refractivity contribution in [1.29, 1.82) is 0 Å². The van der Waals surface area contributed by atoms with Crippen LogP contribution in [-0.2, 0) is 23.6 Å². The summed E-state index contributed by atoms with van der Waals surface area (Å²) in [7, 11) is 0.930. The van der Waals surface area contributed by atoms with E-state index in [-0.39, 0.29) is 5.75 Å². The first-order valence-electron chi connectivity index (χ1n) is 8.87. The number of benzene rings is 1. The van der Waals surface area contributed by atoms with Crippen molar-refractivity contribution in [1.82, 2.24) is 14.4 Å². The molecule has 7 heteroatoms. The van der Waals surface area contributed by atoms with E-state index in [2.05, 4.69) is 32.3 Å². The highest BCUT2D eigenvalue weighted by Gasteiger charge is 2.17. The lowest BCUT2D eigenvalue weighted by Crippen LogP contribution is -2.43. The van der Waals surface area contributed by atoms with Gasteiger partial charge in [0.05, 0.1) is 5.75 Å². The molecule has 25 heavy (non-hydrogen) atoms. The number of nitrogens with zero attached hydrogens (tertiary/aromatic N) is 3. The van der Waals surface area contributed by atoms with Crippen molar-refractivity contribution in [2.24, 2.45) is 7.05 Å². The van der Waals surface area contributed by atoms with E-state index in [1.165, 1.54) is 5.56 Å². The third-order valence-corrected chi connectivity index (χ3v) is 6.30. The Morgan fingerprint density at radius 3 is 2.52 bits per heavy atom. The van der Waals surface area contributed by atoms with Gasteiger partial charge in [0, 0.05) is 62.6 Å². The van der Waals surface area contributed by atoms with E-state index in [1.807, 2.05) is 32.2 Å². The molecule has 0 atom stereocenters. The van der Waals surface area contributed by atoms with Crippen molar-refractivity contribution in [3.8, 4) is 0 Å². The van der Waals surface area contributed by atoms with Gasteiger partial charge in [0.15, 0.2) is 0 Å². The zero-order valence-corrected chi connectivity index (χ0v) is 16.1. The van der Waals surface area contributed by atoms with Crippen LogP contribution in [0.1, 0.15) is 18.9 Å². The van der Waals surface area contributed by atoms with Gasteiger partial charge in [0.1, 0.15) is 0 Å². The van der Waals surface area contributed by atoms with Crippen LogP contribution >= 0.6 is 0 Å². The Morgan fingerprint density at radius 2 is 1.84 bits per heavy atom. The standard InChI is InChI=1S/C18H28N4O2S/c1-4-11-25(23,24)19-16-5-6-18-17(12-16)15(13-21(18)3)14-22-9-7-20(2)8-10-22/h5-6,12-13,19H,4,7-11,14H2,1-3H3. The zero-order valence-electron chi connectivity index (χ0n) is 15.3. The molecule has 1 fully saturated rings. The number of sulfonamides is 1. The summed E-state index contributed by atoms with van der Waals surface area (Å²) in [6.45, 7) is 7.08. The highest BCUT2D eigenvalue weighted by Crippen LogP contribution is 2.26. The monoisotopic (exact) mass is 364 g/mol. The minimum absolute atomic E-state index is 0.147. The number of fused-ring (bicyclic) bond motifs is 1. The van der Waals surface area contributed by atoms with E-state index in [1.54, 1.807) is 0 Å². The molecule has 0 spiro atoms. The number of aromatic nitrogens is 1. The molecule has 0 bridgehead atoms. The Hall–Kier alpha value is -1.57. The zero-order chi connectivity index (χ0) is 18.0. The first-order chi connectivity index (χ1) is 11.9. The van der Waals surface area contributed by atoms with Crippen molar-refractivity contribution in [2.45, 2.75) is 19.9 Å². The number of anilines is 1. The van der Waals surface area contributed by atoms with Gasteiger partial charge >= 0.3 is 0 Å². The molecule has 0 unspecified atom stereocenters. The molecule has 0 radical (unpaired) electrons. The molecule has 2 aromatic rings. The summed E-state index contributed by atoms with van der Waals surface area (Å²) in [5.74, 6) is 0.147. The molecule has 2 heterocycles. The fourth-order valence-electron chi connectivity index (χ4n) is 3.41. The lowest BCUT2D eigenvalue weighted by molar-refractivity contribution is 0.148.